The van der Waals surface area contributed by atoms with Gasteiger partial charge in [0.25, 0.3) is 11.5 Å². The number of likely N-dealkylation sites (tertiary alicyclic amines) is 1. The van der Waals surface area contributed by atoms with Crippen LogP contribution in [0.25, 0.3) is 10.9 Å². The van der Waals surface area contributed by atoms with Crippen molar-refractivity contribution in [1.82, 2.24) is 14.5 Å². The van der Waals surface area contributed by atoms with E-state index in [0.717, 1.165) is 12.1 Å². The predicted octanol–water partition coefficient (Wildman–Crippen LogP) is 3.85. The first-order valence-corrected chi connectivity index (χ1v) is 11.4. The normalized spacial score (nSPS) is 16.0. The second-order valence-corrected chi connectivity index (χ2v) is 8.93. The molecule has 1 fully saturated rings. The molecule has 2 heterocycles. The van der Waals surface area contributed by atoms with Crippen molar-refractivity contribution in [3.05, 3.63) is 74.3 Å². The minimum absolute atomic E-state index is 0.0975. The van der Waals surface area contributed by atoms with Crippen molar-refractivity contribution in [1.29, 1.82) is 0 Å². The highest BCUT2D eigenvalue weighted by Gasteiger charge is 2.38. The Bertz CT molecular complexity index is 1370. The van der Waals surface area contributed by atoms with E-state index in [2.05, 4.69) is 4.98 Å². The number of ether oxygens (including phenoxy) is 1. The number of carbonyl (C=O) groups is 1. The van der Waals surface area contributed by atoms with Crippen molar-refractivity contribution in [2.24, 2.45) is 0 Å². The van der Waals surface area contributed by atoms with Gasteiger partial charge in [0, 0.05) is 25.8 Å². The Hall–Kier alpha value is -3.02. The number of alkyl halides is 3. The van der Waals surface area contributed by atoms with Crippen molar-refractivity contribution in [3.63, 3.8) is 0 Å². The fourth-order valence-electron chi connectivity index (χ4n) is 4.31. The molecule has 0 atom stereocenters. The number of hydrogen-bond acceptors (Lipinski definition) is 5. The minimum atomic E-state index is -4.51. The van der Waals surface area contributed by atoms with Gasteiger partial charge in [0.15, 0.2) is 4.77 Å². The molecule has 0 unspecified atom stereocenters. The number of rotatable bonds is 5. The third kappa shape index (κ3) is 5.02. The van der Waals surface area contributed by atoms with Crippen LogP contribution in [0.1, 0.15) is 34.3 Å². The molecular weight excluding hydrogens is 483 g/mol. The average molecular weight is 508 g/mol. The van der Waals surface area contributed by atoms with Gasteiger partial charge in [-0.1, -0.05) is 12.1 Å². The number of halogens is 3. The van der Waals surface area contributed by atoms with E-state index < -0.39 is 17.3 Å². The molecule has 1 aromatic heterocycles. The number of benzene rings is 2. The van der Waals surface area contributed by atoms with Crippen molar-refractivity contribution in [2.75, 3.05) is 26.8 Å². The third-order valence-corrected chi connectivity index (χ3v) is 6.68. The second kappa shape index (κ2) is 9.56. The number of H-pyrrole nitrogens is 1. The maximum atomic E-state index is 13.1. The second-order valence-electron chi connectivity index (χ2n) is 8.54. The number of aromatic nitrogens is 2. The zero-order valence-electron chi connectivity index (χ0n) is 18.9. The van der Waals surface area contributed by atoms with Crippen molar-refractivity contribution >= 4 is 29.0 Å². The van der Waals surface area contributed by atoms with E-state index in [1.807, 2.05) is 0 Å². The van der Waals surface area contributed by atoms with E-state index >= 15 is 0 Å². The van der Waals surface area contributed by atoms with Gasteiger partial charge in [0.2, 0.25) is 0 Å². The highest BCUT2D eigenvalue weighted by atomic mass is 32.1. The van der Waals surface area contributed by atoms with Gasteiger partial charge < -0.3 is 19.7 Å². The molecule has 35 heavy (non-hydrogen) atoms. The predicted molar refractivity (Wildman–Crippen MR) is 126 cm³/mol. The lowest BCUT2D eigenvalue weighted by molar-refractivity contribution is -0.137. The summed E-state index contributed by atoms with van der Waals surface area (Å²) in [6.07, 6.45) is -4.31. The minimum Gasteiger partial charge on any atom is -0.385 e. The van der Waals surface area contributed by atoms with Crippen molar-refractivity contribution in [2.45, 2.75) is 31.2 Å². The van der Waals surface area contributed by atoms with E-state index in [-0.39, 0.29) is 47.7 Å². The molecule has 1 aliphatic rings. The lowest BCUT2D eigenvalue weighted by Crippen LogP contribution is -2.45. The molecule has 2 N–H and O–H groups in total. The molecule has 0 saturated carbocycles. The maximum absolute atomic E-state index is 13.1. The number of fused-ring (bicyclic) bond motifs is 1. The summed E-state index contributed by atoms with van der Waals surface area (Å²) in [5.74, 6) is -0.305. The first kappa shape index (κ1) is 25.1. The van der Waals surface area contributed by atoms with Gasteiger partial charge in [0.05, 0.1) is 35.2 Å². The van der Waals surface area contributed by atoms with Crippen LogP contribution >= 0.6 is 12.2 Å². The molecule has 11 heteroatoms. The Morgan fingerprint density at radius 1 is 1.20 bits per heavy atom. The summed E-state index contributed by atoms with van der Waals surface area (Å²) >= 11 is 5.28. The zero-order valence-corrected chi connectivity index (χ0v) is 19.7. The van der Waals surface area contributed by atoms with E-state index in [4.69, 9.17) is 17.0 Å². The Morgan fingerprint density at radius 3 is 2.57 bits per heavy atom. The molecule has 0 aliphatic carbocycles. The maximum Gasteiger partial charge on any atom is 0.416 e. The van der Waals surface area contributed by atoms with E-state index in [1.54, 1.807) is 18.2 Å². The zero-order chi connectivity index (χ0) is 25.4. The van der Waals surface area contributed by atoms with Crippen LogP contribution in [0.2, 0.25) is 0 Å². The number of nitrogens with zero attached hydrogens (tertiary/aromatic N) is 2. The van der Waals surface area contributed by atoms with Gasteiger partial charge >= 0.3 is 6.18 Å². The highest BCUT2D eigenvalue weighted by Crippen LogP contribution is 2.37. The first-order chi connectivity index (χ1) is 16.5. The number of aromatic amines is 1. The monoisotopic (exact) mass is 507 g/mol. The summed E-state index contributed by atoms with van der Waals surface area (Å²) in [6, 6.07) is 9.33. The molecule has 2 aromatic carbocycles. The molecule has 3 aromatic rings. The summed E-state index contributed by atoms with van der Waals surface area (Å²) in [5.41, 5.74) is -1.62. The van der Waals surface area contributed by atoms with Crippen LogP contribution in [-0.2, 0) is 23.1 Å². The van der Waals surface area contributed by atoms with Gasteiger partial charge in [-0.25, -0.2) is 0 Å². The van der Waals surface area contributed by atoms with Crippen LogP contribution in [0.15, 0.2) is 47.3 Å². The molecular formula is C24H24F3N3O4S. The van der Waals surface area contributed by atoms with Crippen LogP contribution in [-0.4, -0.2) is 52.3 Å². The molecule has 186 valence electrons. The number of methoxy groups -OCH3 is 1. The van der Waals surface area contributed by atoms with Crippen LogP contribution in [0.4, 0.5) is 13.2 Å². The molecule has 1 amide bonds. The highest BCUT2D eigenvalue weighted by molar-refractivity contribution is 7.71. The fraction of sp³-hybridized carbons (Fsp3) is 0.375. The number of hydrogen-bond donors (Lipinski definition) is 2. The topological polar surface area (TPSA) is 87.6 Å². The summed E-state index contributed by atoms with van der Waals surface area (Å²) in [5, 5.41) is 11.4. The summed E-state index contributed by atoms with van der Waals surface area (Å²) in [6.45, 7) is 0.946. The number of aliphatic hydroxyl groups is 1. The van der Waals surface area contributed by atoms with Gasteiger partial charge in [-0.05, 0) is 61.0 Å². The lowest BCUT2D eigenvalue weighted by atomic mass is 9.83. The van der Waals surface area contributed by atoms with Crippen molar-refractivity contribution < 1.29 is 27.8 Å². The molecule has 1 aliphatic heterocycles. The quantitative estimate of drug-likeness (QED) is 0.513. The number of amides is 1. The Balaban J connectivity index is 1.53. The Labute approximate surface area is 203 Å². The third-order valence-electron chi connectivity index (χ3n) is 6.35. The Kier molecular flexibility index (Phi) is 6.85. The van der Waals surface area contributed by atoms with Gasteiger partial charge in [-0.2, -0.15) is 13.2 Å². The van der Waals surface area contributed by atoms with Crippen molar-refractivity contribution in [3.8, 4) is 0 Å². The first-order valence-electron chi connectivity index (χ1n) is 11.0. The van der Waals surface area contributed by atoms with Gasteiger partial charge in [0.1, 0.15) is 0 Å². The molecule has 0 radical (unpaired) electrons. The molecule has 1 saturated heterocycles. The molecule has 7 nitrogen and oxygen atoms in total. The largest absolute Gasteiger partial charge is 0.416 e. The SMILES string of the molecule is COCCn1c(=S)[nH]c2cc(C(=O)N3CCC(O)(c4cccc(C(F)(F)F)c4)CC3)ccc2c1=O. The summed E-state index contributed by atoms with van der Waals surface area (Å²) in [7, 11) is 1.53. The van der Waals surface area contributed by atoms with E-state index in [1.165, 1.54) is 28.7 Å². The standard InChI is InChI=1S/C24H24F3N3O4S/c1-34-12-11-30-21(32)18-6-5-15(13-19(18)28-22(30)35)20(31)29-9-7-23(33,8-10-29)16-3-2-4-17(14-16)24(25,26)27/h2-6,13-14,33H,7-12H2,1H3,(H,28,35). The van der Waals surface area contributed by atoms with E-state index in [0.29, 0.717) is 29.6 Å². The molecule has 0 bridgehead atoms. The van der Waals surface area contributed by atoms with Crippen LogP contribution in [0, 0.1) is 4.77 Å². The summed E-state index contributed by atoms with van der Waals surface area (Å²) in [4.78, 5) is 30.4. The average Bonchev–Trinajstić information content (AvgIpc) is 2.83. The summed E-state index contributed by atoms with van der Waals surface area (Å²) < 4.78 is 45.9. The van der Waals surface area contributed by atoms with Crippen LogP contribution in [0.3, 0.4) is 0 Å². The molecule has 0 spiro atoms. The number of carbonyl (C=O) groups excluding carboxylic acids is 1. The molecule has 4 rings (SSSR count). The van der Waals surface area contributed by atoms with Gasteiger partial charge in [-0.3, -0.25) is 14.2 Å². The fourth-order valence-corrected chi connectivity index (χ4v) is 4.59. The smallest absolute Gasteiger partial charge is 0.385 e. The van der Waals surface area contributed by atoms with Crippen LogP contribution < -0.4 is 5.56 Å². The Morgan fingerprint density at radius 2 is 1.91 bits per heavy atom. The van der Waals surface area contributed by atoms with Crippen LogP contribution in [0.5, 0.6) is 0 Å². The lowest BCUT2D eigenvalue weighted by Gasteiger charge is -2.38. The van der Waals surface area contributed by atoms with Gasteiger partial charge in [-0.15, -0.1) is 0 Å². The number of nitrogens with one attached hydrogen (secondary N) is 1. The number of piperidine rings is 1. The van der Waals surface area contributed by atoms with E-state index in [9.17, 15) is 27.9 Å².